The number of aliphatic hydroxyl groups is 1. The lowest BCUT2D eigenvalue weighted by Crippen LogP contribution is -2.48. The molecule has 4 aromatic rings. The smallest absolute Gasteiger partial charge is 0.409 e. The lowest BCUT2D eigenvalue weighted by atomic mass is 10.0. The van der Waals surface area contributed by atoms with Gasteiger partial charge in [0.05, 0.1) is 32.0 Å². The van der Waals surface area contributed by atoms with E-state index in [-0.39, 0.29) is 30.6 Å². The second-order valence-corrected chi connectivity index (χ2v) is 8.86. The fourth-order valence-electron chi connectivity index (χ4n) is 3.98. The van der Waals surface area contributed by atoms with E-state index < -0.39 is 0 Å². The topological polar surface area (TPSA) is 144 Å². The second kappa shape index (κ2) is 9.90. The van der Waals surface area contributed by atoms with Crippen molar-refractivity contribution < 1.29 is 28.7 Å². The standard InChI is InChI=1S/C25H26N6O6/c1-14-4-5-16(22-28-24(37-29-22)17-10-30(11-17)25(34)35-3)8-19(14)27-23(33)20-9-26-21-7-6-18(12-31(20)21)36-15(2)13-32/h4-9,12,15,17,32H,10-11,13H2,1-3H3,(H,27,33). The number of carbonyl (C=O) groups excluding carboxylic acids is 2. The van der Waals surface area contributed by atoms with Gasteiger partial charge in [-0.05, 0) is 37.6 Å². The van der Waals surface area contributed by atoms with Crippen LogP contribution >= 0.6 is 0 Å². The summed E-state index contributed by atoms with van der Waals surface area (Å²) < 4.78 is 17.4. The van der Waals surface area contributed by atoms with Crippen LogP contribution in [0.15, 0.2) is 47.2 Å². The summed E-state index contributed by atoms with van der Waals surface area (Å²) in [5.41, 5.74) is 3.02. The molecule has 4 heterocycles. The second-order valence-electron chi connectivity index (χ2n) is 8.86. The summed E-state index contributed by atoms with van der Waals surface area (Å²) in [4.78, 5) is 35.1. The molecule has 2 amide bonds. The first-order valence-corrected chi connectivity index (χ1v) is 11.7. The minimum absolute atomic E-state index is 0.0469. The Morgan fingerprint density at radius 3 is 2.84 bits per heavy atom. The molecule has 12 nitrogen and oxygen atoms in total. The van der Waals surface area contributed by atoms with Gasteiger partial charge in [-0.2, -0.15) is 4.98 Å². The average molecular weight is 507 g/mol. The molecule has 2 N–H and O–H groups in total. The Kier molecular flexibility index (Phi) is 6.49. The van der Waals surface area contributed by atoms with Gasteiger partial charge in [-0.1, -0.05) is 17.3 Å². The maximum Gasteiger partial charge on any atom is 0.409 e. The van der Waals surface area contributed by atoms with E-state index in [1.807, 2.05) is 19.1 Å². The molecule has 12 heteroatoms. The molecule has 1 atom stereocenters. The van der Waals surface area contributed by atoms with Crippen molar-refractivity contribution in [2.24, 2.45) is 0 Å². The Morgan fingerprint density at radius 1 is 1.27 bits per heavy atom. The lowest BCUT2D eigenvalue weighted by molar-refractivity contribution is 0.0804. The van der Waals surface area contributed by atoms with Gasteiger partial charge in [0.2, 0.25) is 11.7 Å². The number of nitrogens with one attached hydrogen (secondary N) is 1. The predicted molar refractivity (Wildman–Crippen MR) is 132 cm³/mol. The van der Waals surface area contributed by atoms with E-state index in [2.05, 4.69) is 20.4 Å². The summed E-state index contributed by atoms with van der Waals surface area (Å²) in [5.74, 6) is 0.936. The van der Waals surface area contributed by atoms with Crippen LogP contribution in [0.25, 0.3) is 17.0 Å². The Hall–Kier alpha value is -4.45. The molecule has 0 spiro atoms. The Labute approximate surface area is 211 Å². The number of anilines is 1. The molecule has 1 unspecified atom stereocenters. The zero-order valence-electron chi connectivity index (χ0n) is 20.5. The molecule has 0 bridgehead atoms. The van der Waals surface area contributed by atoms with Crippen molar-refractivity contribution in [3.05, 3.63) is 59.9 Å². The van der Waals surface area contributed by atoms with Crippen LogP contribution in [-0.2, 0) is 4.74 Å². The summed E-state index contributed by atoms with van der Waals surface area (Å²) in [6, 6.07) is 8.97. The van der Waals surface area contributed by atoms with Gasteiger partial charge < -0.3 is 29.3 Å². The number of benzene rings is 1. The van der Waals surface area contributed by atoms with E-state index in [9.17, 15) is 14.7 Å². The van der Waals surface area contributed by atoms with E-state index in [0.29, 0.717) is 53.1 Å². The van der Waals surface area contributed by atoms with Gasteiger partial charge in [0, 0.05) is 24.3 Å². The normalized spacial score (nSPS) is 14.3. The highest BCUT2D eigenvalue weighted by atomic mass is 16.5. The number of carbonyl (C=O) groups is 2. The summed E-state index contributed by atoms with van der Waals surface area (Å²) in [6.45, 7) is 4.41. The average Bonchev–Trinajstić information content (AvgIpc) is 3.51. The molecule has 0 saturated carbocycles. The van der Waals surface area contributed by atoms with Crippen LogP contribution in [0.2, 0.25) is 0 Å². The number of aromatic nitrogens is 4. The summed E-state index contributed by atoms with van der Waals surface area (Å²) in [6.07, 6.45) is 2.38. The van der Waals surface area contributed by atoms with Gasteiger partial charge >= 0.3 is 6.09 Å². The van der Waals surface area contributed by atoms with Crippen molar-refractivity contribution in [3.63, 3.8) is 0 Å². The van der Waals surface area contributed by atoms with E-state index >= 15 is 0 Å². The van der Waals surface area contributed by atoms with E-state index in [1.165, 1.54) is 13.3 Å². The number of methoxy groups -OCH3 is 1. The monoisotopic (exact) mass is 506 g/mol. The Morgan fingerprint density at radius 2 is 2.08 bits per heavy atom. The van der Waals surface area contributed by atoms with E-state index in [4.69, 9.17) is 14.0 Å². The zero-order chi connectivity index (χ0) is 26.1. The molecular weight excluding hydrogens is 480 g/mol. The van der Waals surface area contributed by atoms with Gasteiger partial charge in [0.15, 0.2) is 0 Å². The van der Waals surface area contributed by atoms with E-state index in [1.54, 1.807) is 40.6 Å². The summed E-state index contributed by atoms with van der Waals surface area (Å²) in [5, 5.41) is 16.3. The van der Waals surface area contributed by atoms with Crippen LogP contribution < -0.4 is 10.1 Å². The molecule has 37 heavy (non-hydrogen) atoms. The first-order valence-electron chi connectivity index (χ1n) is 11.7. The van der Waals surface area contributed by atoms with Crippen LogP contribution in [0.4, 0.5) is 10.5 Å². The molecule has 192 valence electrons. The molecule has 1 aliphatic heterocycles. The number of hydrogen-bond donors (Lipinski definition) is 2. The van der Waals surface area contributed by atoms with Crippen molar-refractivity contribution >= 4 is 23.3 Å². The molecule has 3 aromatic heterocycles. The number of imidazole rings is 1. The lowest BCUT2D eigenvalue weighted by Gasteiger charge is -2.35. The van der Waals surface area contributed by atoms with Gasteiger partial charge in [-0.25, -0.2) is 9.78 Å². The molecular formula is C25H26N6O6. The maximum absolute atomic E-state index is 13.2. The highest BCUT2D eigenvalue weighted by Gasteiger charge is 2.36. The van der Waals surface area contributed by atoms with Gasteiger partial charge in [-0.15, -0.1) is 0 Å². The molecule has 0 radical (unpaired) electrons. The summed E-state index contributed by atoms with van der Waals surface area (Å²) >= 11 is 0. The van der Waals surface area contributed by atoms with Crippen molar-refractivity contribution in [1.82, 2.24) is 24.4 Å². The minimum atomic E-state index is -0.385. The van der Waals surface area contributed by atoms with Crippen LogP contribution in [0.5, 0.6) is 5.75 Å². The summed E-state index contributed by atoms with van der Waals surface area (Å²) in [7, 11) is 1.34. The number of nitrogens with zero attached hydrogens (tertiary/aromatic N) is 5. The minimum Gasteiger partial charge on any atom is -0.487 e. The van der Waals surface area contributed by atoms with E-state index in [0.717, 1.165) is 5.56 Å². The first kappa shape index (κ1) is 24.3. The molecule has 5 rings (SSSR count). The van der Waals surface area contributed by atoms with Crippen LogP contribution in [0, 0.1) is 6.92 Å². The highest BCUT2D eigenvalue weighted by molar-refractivity contribution is 6.04. The van der Waals surface area contributed by atoms with Crippen molar-refractivity contribution in [2.45, 2.75) is 25.9 Å². The molecule has 0 aliphatic carbocycles. The number of hydrogen-bond acceptors (Lipinski definition) is 9. The number of amides is 2. The quantitative estimate of drug-likeness (QED) is 0.386. The third kappa shape index (κ3) is 4.83. The molecule has 1 aromatic carbocycles. The number of aliphatic hydroxyl groups excluding tert-OH is 1. The Bertz CT molecular complexity index is 1460. The first-order chi connectivity index (χ1) is 17.9. The Balaban J connectivity index is 1.33. The SMILES string of the molecule is COC(=O)N1CC(c2nc(-c3ccc(C)c(NC(=O)c4cnc5ccc(OC(C)CO)cn45)c3)no2)C1. The number of rotatable bonds is 7. The number of fused-ring (bicyclic) bond motifs is 1. The van der Waals surface area contributed by atoms with Crippen molar-refractivity contribution in [1.29, 1.82) is 0 Å². The molecule has 1 fully saturated rings. The van der Waals surface area contributed by atoms with Crippen LogP contribution in [0.1, 0.15) is 34.8 Å². The van der Waals surface area contributed by atoms with Gasteiger partial charge in [0.25, 0.3) is 5.91 Å². The predicted octanol–water partition coefficient (Wildman–Crippen LogP) is 2.87. The third-order valence-corrected chi connectivity index (χ3v) is 6.15. The zero-order valence-corrected chi connectivity index (χ0v) is 20.5. The largest absolute Gasteiger partial charge is 0.487 e. The van der Waals surface area contributed by atoms with Crippen LogP contribution in [-0.4, -0.2) is 74.4 Å². The molecule has 1 aliphatic rings. The number of likely N-dealkylation sites (tertiary alicyclic amines) is 1. The van der Waals surface area contributed by atoms with Crippen molar-refractivity contribution in [2.75, 3.05) is 32.1 Å². The van der Waals surface area contributed by atoms with Crippen LogP contribution in [0.3, 0.4) is 0 Å². The number of ether oxygens (including phenoxy) is 2. The highest BCUT2D eigenvalue weighted by Crippen LogP contribution is 2.29. The van der Waals surface area contributed by atoms with Crippen molar-refractivity contribution in [3.8, 4) is 17.1 Å². The fraction of sp³-hybridized carbons (Fsp3) is 0.320. The maximum atomic E-state index is 13.2. The molecule has 1 saturated heterocycles. The third-order valence-electron chi connectivity index (χ3n) is 6.15. The fourth-order valence-corrected chi connectivity index (χ4v) is 3.98. The van der Waals surface area contributed by atoms with Gasteiger partial charge in [0.1, 0.15) is 23.2 Å². The number of pyridine rings is 1. The van der Waals surface area contributed by atoms with Gasteiger partial charge in [-0.3, -0.25) is 9.20 Å². The number of aryl methyl sites for hydroxylation is 1.